The minimum absolute atomic E-state index is 0. The molecule has 7 nitrogen and oxygen atoms in total. The van der Waals surface area contributed by atoms with Crippen molar-refractivity contribution in [3.8, 4) is 11.5 Å². The van der Waals surface area contributed by atoms with Gasteiger partial charge in [-0.2, -0.15) is 4.98 Å². The molecule has 0 radical (unpaired) electrons. The van der Waals surface area contributed by atoms with Gasteiger partial charge in [0.25, 0.3) is 0 Å². The van der Waals surface area contributed by atoms with Crippen LogP contribution in [0.3, 0.4) is 0 Å². The number of aromatic nitrogens is 3. The van der Waals surface area contributed by atoms with Crippen molar-refractivity contribution in [1.82, 2.24) is 20.0 Å². The summed E-state index contributed by atoms with van der Waals surface area (Å²) in [6.45, 7) is 4.82. The number of carbonyl (C=O) groups excluding carboxylic acids is 1. The first-order valence-electron chi connectivity index (χ1n) is 8.21. The largest absolute Gasteiger partial charge is 0.346 e. The Morgan fingerprint density at radius 2 is 2.04 bits per heavy atom. The second-order valence-corrected chi connectivity index (χ2v) is 6.24. The first kappa shape index (κ1) is 24.3. The predicted octanol–water partition coefficient (Wildman–Crippen LogP) is 2.74. The molecule has 0 aliphatic rings. The highest BCUT2D eigenvalue weighted by Gasteiger charge is 2.15. The fourth-order valence-corrected chi connectivity index (χ4v) is 2.16. The van der Waals surface area contributed by atoms with Crippen LogP contribution in [-0.4, -0.2) is 45.6 Å². The van der Waals surface area contributed by atoms with Crippen molar-refractivity contribution in [2.24, 2.45) is 11.7 Å². The molecule has 2 heterocycles. The molecular weight excluding hydrogens is 377 g/mol. The van der Waals surface area contributed by atoms with Crippen LogP contribution in [0.2, 0.25) is 0 Å². The highest BCUT2D eigenvalue weighted by molar-refractivity contribution is 5.85. The second-order valence-electron chi connectivity index (χ2n) is 6.24. The SMILES string of the molecule is CC(C)C(N)CCN(C)C(=O)CCc1nc(-c2ccccn2)no1.Cl.Cl. The fraction of sp³-hybridized carbons (Fsp3) is 0.529. The maximum Gasteiger partial charge on any atom is 0.227 e. The van der Waals surface area contributed by atoms with Crippen molar-refractivity contribution in [3.05, 3.63) is 30.3 Å². The van der Waals surface area contributed by atoms with Crippen molar-refractivity contribution in [2.75, 3.05) is 13.6 Å². The summed E-state index contributed by atoms with van der Waals surface area (Å²) in [6, 6.07) is 5.60. The first-order chi connectivity index (χ1) is 11.5. The van der Waals surface area contributed by atoms with Gasteiger partial charge in [0.2, 0.25) is 17.6 Å². The maximum absolute atomic E-state index is 12.2. The highest BCUT2D eigenvalue weighted by Crippen LogP contribution is 2.13. The Labute approximate surface area is 166 Å². The quantitative estimate of drug-likeness (QED) is 0.727. The van der Waals surface area contributed by atoms with E-state index in [9.17, 15) is 4.79 Å². The third kappa shape index (κ3) is 7.27. The van der Waals surface area contributed by atoms with Gasteiger partial charge in [-0.25, -0.2) is 0 Å². The van der Waals surface area contributed by atoms with Crippen LogP contribution >= 0.6 is 24.8 Å². The molecule has 0 saturated carbocycles. The van der Waals surface area contributed by atoms with E-state index in [4.69, 9.17) is 10.3 Å². The third-order valence-corrected chi connectivity index (χ3v) is 3.99. The lowest BCUT2D eigenvalue weighted by molar-refractivity contribution is -0.130. The van der Waals surface area contributed by atoms with Gasteiger partial charge in [0.15, 0.2) is 0 Å². The van der Waals surface area contributed by atoms with E-state index in [1.54, 1.807) is 18.1 Å². The Hall–Kier alpha value is -1.70. The van der Waals surface area contributed by atoms with Gasteiger partial charge in [0, 0.05) is 38.7 Å². The lowest BCUT2D eigenvalue weighted by Gasteiger charge is -2.21. The molecule has 2 aromatic rings. The van der Waals surface area contributed by atoms with E-state index >= 15 is 0 Å². The molecular formula is C17H27Cl2N5O2. The number of nitrogens with two attached hydrogens (primary N) is 1. The van der Waals surface area contributed by atoms with Crippen LogP contribution in [0.25, 0.3) is 11.5 Å². The summed E-state index contributed by atoms with van der Waals surface area (Å²) in [7, 11) is 1.79. The molecule has 0 aliphatic heterocycles. The summed E-state index contributed by atoms with van der Waals surface area (Å²) >= 11 is 0. The number of amides is 1. The highest BCUT2D eigenvalue weighted by atomic mass is 35.5. The molecule has 1 unspecified atom stereocenters. The van der Waals surface area contributed by atoms with Crippen LogP contribution in [-0.2, 0) is 11.2 Å². The molecule has 0 saturated heterocycles. The van der Waals surface area contributed by atoms with Crippen LogP contribution in [0.15, 0.2) is 28.9 Å². The van der Waals surface area contributed by atoms with Crippen molar-refractivity contribution in [3.63, 3.8) is 0 Å². The van der Waals surface area contributed by atoms with E-state index < -0.39 is 0 Å². The maximum atomic E-state index is 12.2. The van der Waals surface area contributed by atoms with Crippen molar-refractivity contribution < 1.29 is 9.32 Å². The van der Waals surface area contributed by atoms with Gasteiger partial charge in [-0.15, -0.1) is 24.8 Å². The van der Waals surface area contributed by atoms with Gasteiger partial charge < -0.3 is 15.2 Å². The molecule has 0 aliphatic carbocycles. The Bertz CT molecular complexity index is 652. The van der Waals surface area contributed by atoms with Crippen LogP contribution in [0.1, 0.15) is 32.6 Å². The van der Waals surface area contributed by atoms with E-state index in [-0.39, 0.29) is 36.8 Å². The van der Waals surface area contributed by atoms with E-state index in [1.807, 2.05) is 18.2 Å². The molecule has 0 aromatic carbocycles. The molecule has 9 heteroatoms. The molecule has 1 atom stereocenters. The number of aryl methyl sites for hydroxylation is 1. The Morgan fingerprint density at radius 1 is 1.31 bits per heavy atom. The Balaban J connectivity index is 0.00000312. The molecule has 26 heavy (non-hydrogen) atoms. The van der Waals surface area contributed by atoms with Crippen molar-refractivity contribution >= 4 is 30.7 Å². The van der Waals surface area contributed by atoms with E-state index in [2.05, 4.69) is 29.0 Å². The van der Waals surface area contributed by atoms with Gasteiger partial charge in [0.05, 0.1) is 0 Å². The van der Waals surface area contributed by atoms with Crippen LogP contribution in [0.4, 0.5) is 0 Å². The van der Waals surface area contributed by atoms with Crippen LogP contribution < -0.4 is 5.73 Å². The van der Waals surface area contributed by atoms with E-state index in [0.29, 0.717) is 42.7 Å². The zero-order valence-corrected chi connectivity index (χ0v) is 16.9. The molecule has 2 N–H and O–H groups in total. The topological polar surface area (TPSA) is 98.1 Å². The van der Waals surface area contributed by atoms with Gasteiger partial charge in [0.1, 0.15) is 5.69 Å². The summed E-state index contributed by atoms with van der Waals surface area (Å²) in [4.78, 5) is 22.3. The average molecular weight is 404 g/mol. The minimum Gasteiger partial charge on any atom is -0.346 e. The minimum atomic E-state index is 0. The molecule has 0 bridgehead atoms. The number of halogens is 2. The number of pyridine rings is 1. The summed E-state index contributed by atoms with van der Waals surface area (Å²) in [5, 5.41) is 3.90. The number of rotatable bonds is 8. The predicted molar refractivity (Wildman–Crippen MR) is 105 cm³/mol. The van der Waals surface area contributed by atoms with Crippen LogP contribution in [0, 0.1) is 5.92 Å². The summed E-state index contributed by atoms with van der Waals surface area (Å²) in [5.74, 6) is 1.34. The standard InChI is InChI=1S/C17H25N5O2.2ClH/c1-12(2)13(18)9-11-22(3)16(23)8-7-15-20-17(21-24-15)14-6-4-5-10-19-14;;/h4-6,10,12-13H,7-9,11,18H2,1-3H3;2*1H. The Kier molecular flexibility index (Phi) is 11.1. The third-order valence-electron chi connectivity index (χ3n) is 3.99. The van der Waals surface area contributed by atoms with E-state index in [0.717, 1.165) is 6.42 Å². The molecule has 2 rings (SSSR count). The zero-order valence-electron chi connectivity index (χ0n) is 15.3. The molecule has 146 valence electrons. The molecule has 0 spiro atoms. The zero-order chi connectivity index (χ0) is 17.5. The number of nitrogens with zero attached hydrogens (tertiary/aromatic N) is 4. The summed E-state index contributed by atoms with van der Waals surface area (Å²) in [6.07, 6.45) is 3.21. The molecule has 2 aromatic heterocycles. The number of carbonyl (C=O) groups is 1. The monoisotopic (exact) mass is 403 g/mol. The van der Waals surface area contributed by atoms with Gasteiger partial charge in [-0.3, -0.25) is 9.78 Å². The summed E-state index contributed by atoms with van der Waals surface area (Å²) < 4.78 is 5.19. The molecule has 0 fully saturated rings. The van der Waals surface area contributed by atoms with Crippen molar-refractivity contribution in [1.29, 1.82) is 0 Å². The van der Waals surface area contributed by atoms with Gasteiger partial charge in [-0.05, 0) is 24.5 Å². The first-order valence-corrected chi connectivity index (χ1v) is 8.21. The van der Waals surface area contributed by atoms with E-state index in [1.165, 1.54) is 0 Å². The normalized spacial score (nSPS) is 11.4. The van der Waals surface area contributed by atoms with Gasteiger partial charge >= 0.3 is 0 Å². The summed E-state index contributed by atoms with van der Waals surface area (Å²) in [5.41, 5.74) is 6.66. The fourth-order valence-electron chi connectivity index (χ4n) is 2.16. The number of hydrogen-bond acceptors (Lipinski definition) is 6. The van der Waals surface area contributed by atoms with Gasteiger partial charge in [-0.1, -0.05) is 25.1 Å². The second kappa shape index (κ2) is 11.8. The Morgan fingerprint density at radius 3 is 2.65 bits per heavy atom. The lowest BCUT2D eigenvalue weighted by Crippen LogP contribution is -2.34. The lowest BCUT2D eigenvalue weighted by atomic mass is 10.0. The molecule has 1 amide bonds. The number of hydrogen-bond donors (Lipinski definition) is 1. The average Bonchev–Trinajstić information content (AvgIpc) is 3.06. The van der Waals surface area contributed by atoms with Crippen LogP contribution in [0.5, 0.6) is 0 Å². The van der Waals surface area contributed by atoms with Crippen molar-refractivity contribution in [2.45, 2.75) is 39.2 Å². The smallest absolute Gasteiger partial charge is 0.227 e.